The SMILES string of the molecule is CC(NC(=O)/C=C/c1ccc(C(C)(C)C)cc1)C(=O)O. The second-order valence-corrected chi connectivity index (χ2v) is 5.77. The van der Waals surface area contributed by atoms with Crippen LogP contribution in [-0.4, -0.2) is 23.0 Å². The Morgan fingerprint density at radius 2 is 1.75 bits per heavy atom. The summed E-state index contributed by atoms with van der Waals surface area (Å²) in [6.07, 6.45) is 3.00. The standard InChI is InChI=1S/C16H21NO3/c1-11(15(19)20)17-14(18)10-7-12-5-8-13(9-6-12)16(2,3)4/h5-11H,1-4H3,(H,17,18)(H,19,20)/b10-7+. The third kappa shape index (κ3) is 4.88. The molecule has 2 N–H and O–H groups in total. The molecule has 4 nitrogen and oxygen atoms in total. The first kappa shape index (κ1) is 16.0. The molecule has 0 radical (unpaired) electrons. The fourth-order valence-electron chi connectivity index (χ4n) is 1.59. The molecule has 20 heavy (non-hydrogen) atoms. The Labute approximate surface area is 119 Å². The van der Waals surface area contributed by atoms with Crippen molar-refractivity contribution in [2.75, 3.05) is 0 Å². The van der Waals surface area contributed by atoms with E-state index in [4.69, 9.17) is 5.11 Å². The van der Waals surface area contributed by atoms with Gasteiger partial charge in [-0.05, 0) is 29.5 Å². The summed E-state index contributed by atoms with van der Waals surface area (Å²) in [4.78, 5) is 22.1. The summed E-state index contributed by atoms with van der Waals surface area (Å²) >= 11 is 0. The lowest BCUT2D eigenvalue weighted by Gasteiger charge is -2.18. The van der Waals surface area contributed by atoms with Crippen molar-refractivity contribution in [1.29, 1.82) is 0 Å². The molecule has 0 fully saturated rings. The van der Waals surface area contributed by atoms with E-state index >= 15 is 0 Å². The molecule has 0 aliphatic rings. The van der Waals surface area contributed by atoms with Crippen molar-refractivity contribution in [1.82, 2.24) is 5.32 Å². The molecule has 1 amide bonds. The van der Waals surface area contributed by atoms with E-state index in [1.54, 1.807) is 6.08 Å². The Hall–Kier alpha value is -2.10. The second-order valence-electron chi connectivity index (χ2n) is 5.77. The van der Waals surface area contributed by atoms with Gasteiger partial charge in [-0.15, -0.1) is 0 Å². The van der Waals surface area contributed by atoms with Gasteiger partial charge in [0.05, 0.1) is 0 Å². The van der Waals surface area contributed by atoms with Gasteiger partial charge < -0.3 is 10.4 Å². The lowest BCUT2D eigenvalue weighted by atomic mass is 9.87. The smallest absolute Gasteiger partial charge is 0.325 e. The summed E-state index contributed by atoms with van der Waals surface area (Å²) in [6.45, 7) is 7.84. The zero-order valence-corrected chi connectivity index (χ0v) is 12.3. The Kier molecular flexibility index (Phi) is 5.08. The molecule has 0 saturated carbocycles. The van der Waals surface area contributed by atoms with Gasteiger partial charge in [0.1, 0.15) is 6.04 Å². The largest absolute Gasteiger partial charge is 0.480 e. The molecule has 0 bridgehead atoms. The second kappa shape index (κ2) is 6.37. The van der Waals surface area contributed by atoms with Crippen LogP contribution < -0.4 is 5.32 Å². The molecule has 0 aromatic heterocycles. The predicted octanol–water partition coefficient (Wildman–Crippen LogP) is 2.59. The maximum absolute atomic E-state index is 11.5. The van der Waals surface area contributed by atoms with E-state index in [2.05, 4.69) is 26.1 Å². The summed E-state index contributed by atoms with van der Waals surface area (Å²) in [5, 5.41) is 11.0. The van der Waals surface area contributed by atoms with Crippen LogP contribution in [0.15, 0.2) is 30.3 Å². The van der Waals surface area contributed by atoms with Crippen LogP contribution in [0.3, 0.4) is 0 Å². The molecular weight excluding hydrogens is 254 g/mol. The van der Waals surface area contributed by atoms with Gasteiger partial charge in [-0.2, -0.15) is 0 Å². The molecule has 0 heterocycles. The molecule has 0 aliphatic heterocycles. The number of nitrogens with one attached hydrogen (secondary N) is 1. The van der Waals surface area contributed by atoms with Crippen molar-refractivity contribution in [2.45, 2.75) is 39.2 Å². The van der Waals surface area contributed by atoms with E-state index in [0.717, 1.165) is 5.56 Å². The lowest BCUT2D eigenvalue weighted by molar-refractivity contribution is -0.140. The molecule has 1 rings (SSSR count). The molecule has 4 heteroatoms. The van der Waals surface area contributed by atoms with Crippen molar-refractivity contribution in [3.63, 3.8) is 0 Å². The zero-order chi connectivity index (χ0) is 15.3. The third-order valence-electron chi connectivity index (χ3n) is 2.93. The van der Waals surface area contributed by atoms with Crippen molar-refractivity contribution >= 4 is 18.0 Å². The van der Waals surface area contributed by atoms with Crippen LogP contribution in [0.1, 0.15) is 38.8 Å². The van der Waals surface area contributed by atoms with Crippen molar-refractivity contribution in [3.05, 3.63) is 41.5 Å². The van der Waals surface area contributed by atoms with E-state index in [1.165, 1.54) is 18.6 Å². The van der Waals surface area contributed by atoms with Crippen molar-refractivity contribution in [2.24, 2.45) is 0 Å². The van der Waals surface area contributed by atoms with Crippen LogP contribution in [0.25, 0.3) is 6.08 Å². The maximum Gasteiger partial charge on any atom is 0.325 e. The maximum atomic E-state index is 11.5. The van der Waals surface area contributed by atoms with Gasteiger partial charge in [0.2, 0.25) is 5.91 Å². The number of carbonyl (C=O) groups is 2. The van der Waals surface area contributed by atoms with Crippen LogP contribution in [0, 0.1) is 0 Å². The predicted molar refractivity (Wildman–Crippen MR) is 79.4 cm³/mol. The molecule has 0 aliphatic carbocycles. The van der Waals surface area contributed by atoms with Crippen LogP contribution in [0.5, 0.6) is 0 Å². The van der Waals surface area contributed by atoms with Crippen molar-refractivity contribution < 1.29 is 14.7 Å². The van der Waals surface area contributed by atoms with Crippen LogP contribution >= 0.6 is 0 Å². The van der Waals surface area contributed by atoms with Crippen LogP contribution in [-0.2, 0) is 15.0 Å². The molecule has 1 atom stereocenters. The van der Waals surface area contributed by atoms with Gasteiger partial charge in [0.25, 0.3) is 0 Å². The number of aliphatic carboxylic acids is 1. The fraction of sp³-hybridized carbons (Fsp3) is 0.375. The molecule has 0 saturated heterocycles. The molecular formula is C16H21NO3. The molecule has 0 spiro atoms. The fourth-order valence-corrected chi connectivity index (χ4v) is 1.59. The third-order valence-corrected chi connectivity index (χ3v) is 2.93. The molecule has 108 valence electrons. The number of hydrogen-bond donors (Lipinski definition) is 2. The Morgan fingerprint density at radius 3 is 2.20 bits per heavy atom. The van der Waals surface area contributed by atoms with Crippen molar-refractivity contribution in [3.8, 4) is 0 Å². The quantitative estimate of drug-likeness (QED) is 0.830. The molecule has 1 aromatic rings. The minimum Gasteiger partial charge on any atom is -0.480 e. The Balaban J connectivity index is 2.67. The number of carboxylic acids is 1. The highest BCUT2D eigenvalue weighted by Gasteiger charge is 2.13. The first-order valence-corrected chi connectivity index (χ1v) is 6.52. The monoisotopic (exact) mass is 275 g/mol. The Morgan fingerprint density at radius 1 is 1.20 bits per heavy atom. The van der Waals surface area contributed by atoms with Gasteiger partial charge >= 0.3 is 5.97 Å². The zero-order valence-electron chi connectivity index (χ0n) is 12.3. The van der Waals surface area contributed by atoms with Crippen LogP contribution in [0.4, 0.5) is 0 Å². The van der Waals surface area contributed by atoms with E-state index in [9.17, 15) is 9.59 Å². The molecule has 1 aromatic carbocycles. The normalized spacial score (nSPS) is 13.2. The van der Waals surface area contributed by atoms with Gasteiger partial charge in [0, 0.05) is 6.08 Å². The van der Waals surface area contributed by atoms with E-state index in [-0.39, 0.29) is 5.41 Å². The minimum absolute atomic E-state index is 0.0938. The topological polar surface area (TPSA) is 66.4 Å². The summed E-state index contributed by atoms with van der Waals surface area (Å²) < 4.78 is 0. The van der Waals surface area contributed by atoms with Crippen LogP contribution in [0.2, 0.25) is 0 Å². The highest BCUT2D eigenvalue weighted by atomic mass is 16.4. The average Bonchev–Trinajstić information content (AvgIpc) is 2.35. The number of carbonyl (C=O) groups excluding carboxylic acids is 1. The summed E-state index contributed by atoms with van der Waals surface area (Å²) in [5.41, 5.74) is 2.21. The van der Waals surface area contributed by atoms with E-state index < -0.39 is 17.9 Å². The van der Waals surface area contributed by atoms with E-state index in [0.29, 0.717) is 0 Å². The van der Waals surface area contributed by atoms with Gasteiger partial charge in [-0.1, -0.05) is 45.0 Å². The number of rotatable bonds is 4. The van der Waals surface area contributed by atoms with Gasteiger partial charge in [-0.3, -0.25) is 9.59 Å². The average molecular weight is 275 g/mol. The number of hydrogen-bond acceptors (Lipinski definition) is 2. The molecule has 1 unspecified atom stereocenters. The lowest BCUT2D eigenvalue weighted by Crippen LogP contribution is -2.37. The van der Waals surface area contributed by atoms with Gasteiger partial charge in [0.15, 0.2) is 0 Å². The first-order valence-electron chi connectivity index (χ1n) is 6.52. The Bertz CT molecular complexity index is 510. The number of benzene rings is 1. The van der Waals surface area contributed by atoms with E-state index in [1.807, 2.05) is 24.3 Å². The van der Waals surface area contributed by atoms with Gasteiger partial charge in [-0.25, -0.2) is 0 Å². The summed E-state index contributed by atoms with van der Waals surface area (Å²) in [6, 6.07) is 7.03. The minimum atomic E-state index is -1.05. The highest BCUT2D eigenvalue weighted by Crippen LogP contribution is 2.22. The number of carboxylic acid groups (broad SMARTS) is 1. The summed E-state index contributed by atoms with van der Waals surface area (Å²) in [5.74, 6) is -1.47. The summed E-state index contributed by atoms with van der Waals surface area (Å²) in [7, 11) is 0. The number of amides is 1. The first-order chi connectivity index (χ1) is 9.20. The highest BCUT2D eigenvalue weighted by molar-refractivity contribution is 5.94.